The zero-order chi connectivity index (χ0) is 22.4. The van der Waals surface area contributed by atoms with Crippen molar-refractivity contribution in [2.45, 2.75) is 39.7 Å². The number of thiocarbonyl (C=S) groups is 3. The number of para-hydroxylation sites is 1. The highest BCUT2D eigenvalue weighted by atomic mass is 32.1. The molecule has 0 spiro atoms. The predicted molar refractivity (Wildman–Crippen MR) is 142 cm³/mol. The van der Waals surface area contributed by atoms with Gasteiger partial charge >= 0.3 is 8.80 Å². The largest absolute Gasteiger partial charge is 0.500 e. The van der Waals surface area contributed by atoms with Gasteiger partial charge in [-0.15, -0.1) is 11.3 Å². The van der Waals surface area contributed by atoms with Crippen molar-refractivity contribution in [1.82, 2.24) is 4.98 Å². The van der Waals surface area contributed by atoms with E-state index in [0.717, 1.165) is 44.5 Å². The molecule has 0 amide bonds. The summed E-state index contributed by atoms with van der Waals surface area (Å²) in [5.41, 5.74) is 1.76. The van der Waals surface area contributed by atoms with Crippen LogP contribution in [0.15, 0.2) is 24.3 Å². The van der Waals surface area contributed by atoms with E-state index in [1.54, 1.807) is 11.3 Å². The summed E-state index contributed by atoms with van der Waals surface area (Å²) in [5.74, 6) is -0.0858. The van der Waals surface area contributed by atoms with Gasteiger partial charge in [-0.2, -0.15) is 0 Å². The first-order chi connectivity index (χ1) is 14.9. The van der Waals surface area contributed by atoms with Crippen molar-refractivity contribution in [3.8, 4) is 0 Å². The van der Waals surface area contributed by atoms with Crippen LogP contribution in [0.2, 0.25) is 6.04 Å². The molecule has 1 unspecified atom stereocenters. The number of hydrogen-bond acceptors (Lipinski definition) is 8. The molecular weight excluding hydrogens is 483 g/mol. The average Bonchev–Trinajstić information content (AvgIpc) is 3.18. The average molecular weight is 509 g/mol. The zero-order valence-corrected chi connectivity index (χ0v) is 22.2. The highest BCUT2D eigenvalue weighted by Crippen LogP contribution is 2.34. The number of nitrogens with zero attached hydrogens (tertiary/aromatic N) is 1. The van der Waals surface area contributed by atoms with Gasteiger partial charge in [-0.05, 0) is 45.7 Å². The number of aromatic nitrogens is 1. The lowest BCUT2D eigenvalue weighted by molar-refractivity contribution is 0.0706. The van der Waals surface area contributed by atoms with Gasteiger partial charge in [-0.1, -0.05) is 48.8 Å². The summed E-state index contributed by atoms with van der Waals surface area (Å²) in [5, 5.41) is 0.850. The maximum atomic E-state index is 5.98. The summed E-state index contributed by atoms with van der Waals surface area (Å²) in [7, 11) is -2.70. The summed E-state index contributed by atoms with van der Waals surface area (Å²) in [6, 6.07) is 8.78. The fourth-order valence-electron chi connectivity index (χ4n) is 3.61. The highest BCUT2D eigenvalue weighted by Gasteiger charge is 2.40. The van der Waals surface area contributed by atoms with Crippen LogP contribution in [0.4, 0.5) is 0 Å². The van der Waals surface area contributed by atoms with Gasteiger partial charge in [0.1, 0.15) is 5.01 Å². The maximum absolute atomic E-state index is 5.98. The Morgan fingerprint density at radius 2 is 1.65 bits per heavy atom. The van der Waals surface area contributed by atoms with Crippen molar-refractivity contribution < 1.29 is 13.3 Å². The minimum absolute atomic E-state index is 0.0858. The van der Waals surface area contributed by atoms with E-state index in [-0.39, 0.29) is 5.92 Å². The van der Waals surface area contributed by atoms with Crippen LogP contribution in [-0.4, -0.2) is 48.2 Å². The van der Waals surface area contributed by atoms with Crippen LogP contribution in [0, 0.1) is 12.0 Å². The van der Waals surface area contributed by atoms with E-state index in [1.165, 1.54) is 0 Å². The smallest absolute Gasteiger partial charge is 0.374 e. The zero-order valence-electron chi connectivity index (χ0n) is 17.9. The van der Waals surface area contributed by atoms with E-state index in [0.29, 0.717) is 29.5 Å². The van der Waals surface area contributed by atoms with Gasteiger partial charge in [0, 0.05) is 53.2 Å². The lowest BCUT2D eigenvalue weighted by Gasteiger charge is -2.30. The second kappa shape index (κ2) is 11.4. The summed E-state index contributed by atoms with van der Waals surface area (Å²) >= 11 is 18.7. The monoisotopic (exact) mass is 508 g/mol. The molecule has 0 fully saturated rings. The summed E-state index contributed by atoms with van der Waals surface area (Å²) in [4.78, 5) is 6.78. The summed E-state index contributed by atoms with van der Waals surface area (Å²) in [6.45, 7) is 7.60. The molecule has 31 heavy (non-hydrogen) atoms. The SMILES string of the molecule is CCO[Si](CCCC1C(=S)C(=S)[C]=C(c2nc3ccccc3s2)C1=S)(OCC)OCC. The molecule has 1 radical (unpaired) electrons. The van der Waals surface area contributed by atoms with Crippen molar-refractivity contribution in [1.29, 1.82) is 0 Å². The van der Waals surface area contributed by atoms with Crippen molar-refractivity contribution in [2.24, 2.45) is 5.92 Å². The Balaban J connectivity index is 1.77. The first kappa shape index (κ1) is 24.9. The second-order valence-corrected chi connectivity index (χ2v) is 12.0. The van der Waals surface area contributed by atoms with E-state index < -0.39 is 8.80 Å². The molecule has 0 saturated heterocycles. The van der Waals surface area contributed by atoms with Gasteiger partial charge in [-0.25, -0.2) is 4.98 Å². The molecule has 165 valence electrons. The Kier molecular flexibility index (Phi) is 9.12. The quantitative estimate of drug-likeness (QED) is 0.270. The van der Waals surface area contributed by atoms with Gasteiger partial charge in [0.2, 0.25) is 0 Å². The van der Waals surface area contributed by atoms with E-state index in [2.05, 4.69) is 12.1 Å². The molecule has 1 heterocycles. The van der Waals surface area contributed by atoms with E-state index in [1.807, 2.05) is 39.0 Å². The predicted octanol–water partition coefficient (Wildman–Crippen LogP) is 6.05. The molecule has 3 rings (SSSR count). The first-order valence-corrected chi connectivity index (χ1v) is 14.5. The number of fused-ring (bicyclic) bond motifs is 1. The van der Waals surface area contributed by atoms with E-state index >= 15 is 0 Å². The highest BCUT2D eigenvalue weighted by molar-refractivity contribution is 7.90. The molecule has 2 aromatic rings. The lowest BCUT2D eigenvalue weighted by atomic mass is 9.85. The van der Waals surface area contributed by atoms with Gasteiger partial charge in [0.15, 0.2) is 0 Å². The molecule has 0 N–H and O–H groups in total. The number of thiazole rings is 1. The molecular formula is C22H26NO3S4Si. The Labute approximate surface area is 205 Å². The Morgan fingerprint density at radius 3 is 2.26 bits per heavy atom. The van der Waals surface area contributed by atoms with Crippen molar-refractivity contribution in [2.75, 3.05) is 19.8 Å². The summed E-state index contributed by atoms with van der Waals surface area (Å²) in [6.07, 6.45) is 4.84. The normalized spacial score (nSPS) is 17.5. The molecule has 0 bridgehead atoms. The Hall–Kier alpha value is -0.783. The first-order valence-electron chi connectivity index (χ1n) is 10.5. The van der Waals surface area contributed by atoms with Crippen LogP contribution < -0.4 is 0 Å². The lowest BCUT2D eigenvalue weighted by Crippen LogP contribution is -2.46. The number of rotatable bonds is 11. The summed E-state index contributed by atoms with van der Waals surface area (Å²) < 4.78 is 19.0. The topological polar surface area (TPSA) is 40.6 Å². The Bertz CT molecular complexity index is 954. The van der Waals surface area contributed by atoms with Crippen molar-refractivity contribution in [3.63, 3.8) is 0 Å². The van der Waals surface area contributed by atoms with Crippen LogP contribution in [0.25, 0.3) is 15.8 Å². The van der Waals surface area contributed by atoms with Crippen LogP contribution in [-0.2, 0) is 13.3 Å². The van der Waals surface area contributed by atoms with Crippen molar-refractivity contribution >= 4 is 87.2 Å². The third-order valence-corrected chi connectivity index (χ3v) is 10.6. The minimum atomic E-state index is -2.70. The minimum Gasteiger partial charge on any atom is -0.374 e. The number of hydrogen-bond donors (Lipinski definition) is 0. The molecule has 1 atom stereocenters. The molecule has 0 aliphatic heterocycles. The maximum Gasteiger partial charge on any atom is 0.500 e. The number of allylic oxidation sites excluding steroid dienone is 2. The molecule has 1 aromatic heterocycles. The van der Waals surface area contributed by atoms with Crippen molar-refractivity contribution in [3.05, 3.63) is 35.3 Å². The van der Waals surface area contributed by atoms with Crippen LogP contribution in [0.3, 0.4) is 0 Å². The van der Waals surface area contributed by atoms with Gasteiger partial charge in [0.05, 0.1) is 15.1 Å². The Morgan fingerprint density at radius 1 is 1.00 bits per heavy atom. The van der Waals surface area contributed by atoms with E-state index in [9.17, 15) is 0 Å². The van der Waals surface area contributed by atoms with Gasteiger partial charge in [-0.3, -0.25) is 0 Å². The molecule has 1 aliphatic rings. The third kappa shape index (κ3) is 5.78. The molecule has 4 nitrogen and oxygen atoms in total. The molecule has 9 heteroatoms. The standard InChI is InChI=1S/C22H26NO3S4Si/c1-4-24-31(25-5-2,26-6-3)13-9-10-15-20(28)16(14-18(27)21(15)29)22-23-17-11-7-8-12-19(17)30-22/h7-8,11-12,15H,4-6,9-10,13H2,1-3H3. The molecule has 0 saturated carbocycles. The van der Waals surface area contributed by atoms with Crippen LogP contribution in [0.1, 0.15) is 38.6 Å². The third-order valence-electron chi connectivity index (χ3n) is 4.92. The molecule has 1 aromatic carbocycles. The van der Waals surface area contributed by atoms with Crippen LogP contribution >= 0.6 is 48.0 Å². The number of benzene rings is 1. The van der Waals surface area contributed by atoms with E-state index in [4.69, 9.17) is 54.9 Å². The molecule has 1 aliphatic carbocycles. The second-order valence-electron chi connectivity index (χ2n) is 6.97. The fourth-order valence-corrected chi connectivity index (χ4v) is 8.29. The van der Waals surface area contributed by atoms with Gasteiger partial charge < -0.3 is 13.3 Å². The fraction of sp³-hybridized carbons (Fsp3) is 0.455. The van der Waals surface area contributed by atoms with Gasteiger partial charge in [0.25, 0.3) is 0 Å². The van der Waals surface area contributed by atoms with Crippen LogP contribution in [0.5, 0.6) is 0 Å².